The van der Waals surface area contributed by atoms with Crippen molar-refractivity contribution in [3.05, 3.63) is 0 Å². The maximum absolute atomic E-state index is 3.67. The summed E-state index contributed by atoms with van der Waals surface area (Å²) in [5.74, 6) is 0.897. The summed E-state index contributed by atoms with van der Waals surface area (Å²) in [6.07, 6.45) is 5.65. The van der Waals surface area contributed by atoms with Crippen LogP contribution in [0.4, 0.5) is 0 Å². The van der Waals surface area contributed by atoms with Crippen LogP contribution in [0.1, 0.15) is 53.4 Å². The monoisotopic (exact) mass is 238 g/mol. The number of hydrogen-bond donors (Lipinski definition) is 1. The van der Waals surface area contributed by atoms with E-state index in [1.807, 2.05) is 0 Å². The zero-order chi connectivity index (χ0) is 12.5. The predicted octanol–water partition coefficient (Wildman–Crippen LogP) is 2.89. The number of nitrogens with zero attached hydrogens (tertiary/aromatic N) is 1. The molecular weight excluding hydrogens is 208 g/mol. The summed E-state index contributed by atoms with van der Waals surface area (Å²) < 4.78 is 0. The minimum Gasteiger partial charge on any atom is -0.313 e. The molecule has 1 saturated heterocycles. The normalized spacial score (nSPS) is 31.8. The Kier molecular flexibility index (Phi) is 4.14. The van der Waals surface area contributed by atoms with Crippen molar-refractivity contribution in [1.82, 2.24) is 10.2 Å². The van der Waals surface area contributed by atoms with Crippen LogP contribution >= 0.6 is 0 Å². The molecule has 1 saturated carbocycles. The molecule has 2 unspecified atom stereocenters. The molecule has 1 aliphatic carbocycles. The van der Waals surface area contributed by atoms with Gasteiger partial charge in [-0.25, -0.2) is 0 Å². The smallest absolute Gasteiger partial charge is 0.0198 e. The summed E-state index contributed by atoms with van der Waals surface area (Å²) in [5.41, 5.74) is 0.480. The van der Waals surface area contributed by atoms with Crippen molar-refractivity contribution in [2.75, 3.05) is 19.6 Å². The first-order valence-corrected chi connectivity index (χ1v) is 7.45. The van der Waals surface area contributed by atoms with Crippen molar-refractivity contribution in [3.63, 3.8) is 0 Å². The van der Waals surface area contributed by atoms with Gasteiger partial charge in [0.05, 0.1) is 0 Å². The summed E-state index contributed by atoms with van der Waals surface area (Å²) in [4.78, 5) is 2.76. The van der Waals surface area contributed by atoms with E-state index >= 15 is 0 Å². The lowest BCUT2D eigenvalue weighted by molar-refractivity contribution is 0.108. The second-order valence-corrected chi connectivity index (χ2v) is 7.31. The number of hydrogen-bond acceptors (Lipinski definition) is 2. The molecule has 0 aromatic rings. The average Bonchev–Trinajstić information content (AvgIpc) is 2.97. The molecule has 0 radical (unpaired) electrons. The fraction of sp³-hybridized carbons (Fsp3) is 1.00. The molecule has 0 amide bonds. The van der Waals surface area contributed by atoms with Gasteiger partial charge in [-0.3, -0.25) is 4.90 Å². The van der Waals surface area contributed by atoms with Gasteiger partial charge in [-0.05, 0) is 43.6 Å². The van der Waals surface area contributed by atoms with Gasteiger partial charge in [-0.15, -0.1) is 0 Å². The molecule has 2 rings (SSSR count). The number of nitrogens with one attached hydrogen (secondary N) is 1. The van der Waals surface area contributed by atoms with Gasteiger partial charge in [0, 0.05) is 25.2 Å². The van der Waals surface area contributed by atoms with Gasteiger partial charge < -0.3 is 5.32 Å². The third kappa shape index (κ3) is 4.26. The van der Waals surface area contributed by atoms with E-state index in [1.54, 1.807) is 0 Å². The number of piperidine rings is 1. The van der Waals surface area contributed by atoms with Gasteiger partial charge >= 0.3 is 0 Å². The Morgan fingerprint density at radius 1 is 1.18 bits per heavy atom. The maximum Gasteiger partial charge on any atom is 0.0198 e. The van der Waals surface area contributed by atoms with E-state index in [-0.39, 0.29) is 0 Å². The highest BCUT2D eigenvalue weighted by atomic mass is 15.2. The summed E-state index contributed by atoms with van der Waals surface area (Å²) in [6.45, 7) is 13.1. The van der Waals surface area contributed by atoms with Gasteiger partial charge in [-0.1, -0.05) is 27.7 Å². The molecule has 17 heavy (non-hydrogen) atoms. The van der Waals surface area contributed by atoms with Crippen molar-refractivity contribution in [1.29, 1.82) is 0 Å². The number of likely N-dealkylation sites (N-methyl/N-ethyl adjacent to an activating group) is 1. The van der Waals surface area contributed by atoms with Crippen LogP contribution in [-0.2, 0) is 0 Å². The third-order valence-corrected chi connectivity index (χ3v) is 4.02. The van der Waals surface area contributed by atoms with Crippen LogP contribution in [0.2, 0.25) is 0 Å². The second kappa shape index (κ2) is 5.27. The molecule has 2 nitrogen and oxygen atoms in total. The number of likely N-dealkylation sites (tertiary alicyclic amines) is 1. The molecule has 100 valence electrons. The highest BCUT2D eigenvalue weighted by Gasteiger charge is 2.36. The quantitative estimate of drug-likeness (QED) is 0.810. The summed E-state index contributed by atoms with van der Waals surface area (Å²) in [7, 11) is 0. The van der Waals surface area contributed by atoms with Crippen molar-refractivity contribution in [3.8, 4) is 0 Å². The van der Waals surface area contributed by atoms with E-state index in [4.69, 9.17) is 0 Å². The molecule has 2 fully saturated rings. The maximum atomic E-state index is 3.67. The van der Waals surface area contributed by atoms with E-state index in [1.165, 1.54) is 38.8 Å². The molecule has 0 aromatic carbocycles. The lowest BCUT2D eigenvalue weighted by Crippen LogP contribution is -2.50. The average molecular weight is 238 g/mol. The van der Waals surface area contributed by atoms with Gasteiger partial charge in [0.2, 0.25) is 0 Å². The van der Waals surface area contributed by atoms with Crippen LogP contribution in [0.3, 0.4) is 0 Å². The highest BCUT2D eigenvalue weighted by molar-refractivity contribution is 4.93. The predicted molar refractivity (Wildman–Crippen MR) is 74.2 cm³/mol. The highest BCUT2D eigenvalue weighted by Crippen LogP contribution is 2.35. The molecule has 2 atom stereocenters. The van der Waals surface area contributed by atoms with Crippen molar-refractivity contribution in [2.24, 2.45) is 11.3 Å². The van der Waals surface area contributed by atoms with Crippen molar-refractivity contribution >= 4 is 0 Å². The minimum absolute atomic E-state index is 0.480. The fourth-order valence-electron chi connectivity index (χ4n) is 3.43. The Balaban J connectivity index is 1.91. The largest absolute Gasteiger partial charge is 0.313 e. The van der Waals surface area contributed by atoms with Crippen molar-refractivity contribution in [2.45, 2.75) is 65.5 Å². The summed E-state index contributed by atoms with van der Waals surface area (Å²) >= 11 is 0. The van der Waals surface area contributed by atoms with E-state index < -0.39 is 0 Å². The fourth-order valence-corrected chi connectivity index (χ4v) is 3.43. The SMILES string of the molecule is CCNC1CC(CC(C)(C)C)CN(C2CC2)C1. The molecule has 1 aliphatic heterocycles. The molecule has 0 aromatic heterocycles. The minimum atomic E-state index is 0.480. The standard InChI is InChI=1S/C15H30N2/c1-5-16-13-8-12(9-15(2,3)4)10-17(11-13)14-6-7-14/h12-14,16H,5-11H2,1-4H3. The van der Waals surface area contributed by atoms with Crippen LogP contribution < -0.4 is 5.32 Å². The number of rotatable bonds is 4. The van der Waals surface area contributed by atoms with E-state index in [0.717, 1.165) is 24.5 Å². The lowest BCUT2D eigenvalue weighted by Gasteiger charge is -2.40. The Labute approximate surface area is 107 Å². The molecule has 2 aliphatic rings. The van der Waals surface area contributed by atoms with Crippen LogP contribution in [0.15, 0.2) is 0 Å². The Hall–Kier alpha value is -0.0800. The van der Waals surface area contributed by atoms with Gasteiger partial charge in [0.25, 0.3) is 0 Å². The van der Waals surface area contributed by atoms with Crippen molar-refractivity contribution < 1.29 is 0 Å². The Bertz CT molecular complexity index is 240. The lowest BCUT2D eigenvalue weighted by atomic mass is 9.80. The molecule has 0 bridgehead atoms. The molecule has 1 heterocycles. The van der Waals surface area contributed by atoms with Gasteiger partial charge in [-0.2, -0.15) is 0 Å². The van der Waals surface area contributed by atoms with Crippen LogP contribution in [0.25, 0.3) is 0 Å². The molecule has 0 spiro atoms. The van der Waals surface area contributed by atoms with Crippen LogP contribution in [0.5, 0.6) is 0 Å². The molecule has 2 heteroatoms. The topological polar surface area (TPSA) is 15.3 Å². The van der Waals surface area contributed by atoms with E-state index in [9.17, 15) is 0 Å². The summed E-state index contributed by atoms with van der Waals surface area (Å²) in [6, 6.07) is 1.67. The first kappa shape index (κ1) is 13.4. The zero-order valence-corrected chi connectivity index (χ0v) is 12.1. The van der Waals surface area contributed by atoms with Crippen LogP contribution in [-0.4, -0.2) is 36.6 Å². The summed E-state index contributed by atoms with van der Waals surface area (Å²) in [5, 5.41) is 3.67. The third-order valence-electron chi connectivity index (χ3n) is 4.02. The second-order valence-electron chi connectivity index (χ2n) is 7.31. The molecule has 1 N–H and O–H groups in total. The van der Waals surface area contributed by atoms with E-state index in [0.29, 0.717) is 5.41 Å². The Morgan fingerprint density at radius 2 is 1.88 bits per heavy atom. The van der Waals surface area contributed by atoms with Gasteiger partial charge in [0.1, 0.15) is 0 Å². The van der Waals surface area contributed by atoms with Gasteiger partial charge in [0.15, 0.2) is 0 Å². The zero-order valence-electron chi connectivity index (χ0n) is 12.1. The first-order valence-electron chi connectivity index (χ1n) is 7.45. The van der Waals surface area contributed by atoms with E-state index in [2.05, 4.69) is 37.9 Å². The molecular formula is C15H30N2. The first-order chi connectivity index (χ1) is 7.98. The Morgan fingerprint density at radius 3 is 2.41 bits per heavy atom. The van der Waals surface area contributed by atoms with Crippen LogP contribution in [0, 0.1) is 11.3 Å².